The number of halogens is 1. The Bertz CT molecular complexity index is 1010. The number of aromatic nitrogens is 3. The van der Waals surface area contributed by atoms with Crippen LogP contribution in [0.25, 0.3) is 0 Å². The highest BCUT2D eigenvalue weighted by Gasteiger charge is 2.25. The molecule has 1 fully saturated rings. The number of anilines is 3. The minimum atomic E-state index is -0.0607. The number of benzene rings is 1. The van der Waals surface area contributed by atoms with Crippen molar-refractivity contribution in [3.8, 4) is 0 Å². The van der Waals surface area contributed by atoms with Crippen LogP contribution >= 0.6 is 22.9 Å². The van der Waals surface area contributed by atoms with Crippen LogP contribution in [0.1, 0.15) is 21.9 Å². The van der Waals surface area contributed by atoms with E-state index in [0.717, 1.165) is 35.2 Å². The normalized spacial score (nSPS) is 14.2. The second-order valence-electron chi connectivity index (χ2n) is 6.87. The zero-order chi connectivity index (χ0) is 20.4. The fraction of sp³-hybridized carbons (Fsp3) is 0.300. The number of aryl methyl sites for hydroxylation is 2. The molecule has 0 unspecified atom stereocenters. The summed E-state index contributed by atoms with van der Waals surface area (Å²) in [4.78, 5) is 30.0. The van der Waals surface area contributed by atoms with Crippen LogP contribution in [0.2, 0.25) is 5.02 Å². The predicted octanol–water partition coefficient (Wildman–Crippen LogP) is 3.91. The van der Waals surface area contributed by atoms with Gasteiger partial charge in [0, 0.05) is 42.9 Å². The summed E-state index contributed by atoms with van der Waals surface area (Å²) in [6.45, 7) is 6.56. The number of rotatable bonds is 4. The van der Waals surface area contributed by atoms with Gasteiger partial charge in [-0.05, 0) is 32.0 Å². The lowest BCUT2D eigenvalue weighted by Gasteiger charge is -2.36. The molecule has 29 heavy (non-hydrogen) atoms. The molecule has 0 bridgehead atoms. The fourth-order valence-corrected chi connectivity index (χ4v) is 4.26. The molecule has 1 saturated heterocycles. The van der Waals surface area contributed by atoms with Crippen molar-refractivity contribution in [1.29, 1.82) is 0 Å². The molecule has 1 N–H and O–H groups in total. The summed E-state index contributed by atoms with van der Waals surface area (Å²) in [5.74, 6) is 0.429. The first-order valence-corrected chi connectivity index (χ1v) is 10.6. The zero-order valence-corrected chi connectivity index (χ0v) is 17.8. The van der Waals surface area contributed by atoms with E-state index in [4.69, 9.17) is 11.6 Å². The summed E-state index contributed by atoms with van der Waals surface area (Å²) in [6, 6.07) is 9.69. The van der Waals surface area contributed by atoms with E-state index in [-0.39, 0.29) is 5.91 Å². The van der Waals surface area contributed by atoms with E-state index in [0.29, 0.717) is 29.9 Å². The van der Waals surface area contributed by atoms with E-state index in [9.17, 15) is 4.79 Å². The van der Waals surface area contributed by atoms with Crippen LogP contribution in [0.4, 0.5) is 16.8 Å². The van der Waals surface area contributed by atoms with Gasteiger partial charge in [-0.15, -0.1) is 11.3 Å². The summed E-state index contributed by atoms with van der Waals surface area (Å²) in [7, 11) is 0. The lowest BCUT2D eigenvalue weighted by Crippen LogP contribution is -2.49. The van der Waals surface area contributed by atoms with Gasteiger partial charge in [-0.2, -0.15) is 0 Å². The second kappa shape index (κ2) is 8.34. The minimum Gasteiger partial charge on any atom is -0.367 e. The molecule has 1 aliphatic heterocycles. The Labute approximate surface area is 178 Å². The van der Waals surface area contributed by atoms with Gasteiger partial charge in [-0.25, -0.2) is 15.0 Å². The van der Waals surface area contributed by atoms with Crippen LogP contribution in [-0.2, 0) is 0 Å². The largest absolute Gasteiger partial charge is 0.367 e. The smallest absolute Gasteiger partial charge is 0.273 e. The van der Waals surface area contributed by atoms with Gasteiger partial charge in [-0.1, -0.05) is 23.7 Å². The number of thiazole rings is 1. The molecule has 1 amide bonds. The van der Waals surface area contributed by atoms with Crippen LogP contribution in [-0.4, -0.2) is 51.9 Å². The average Bonchev–Trinajstić information content (AvgIpc) is 3.15. The number of carbonyl (C=O) groups excluding carboxylic acids is 1. The van der Waals surface area contributed by atoms with E-state index in [2.05, 4.69) is 25.2 Å². The molecule has 0 radical (unpaired) electrons. The molecule has 7 nitrogen and oxygen atoms in total. The standard InChI is InChI=1S/C20H21ClN6OS/c1-13-11-14(2)23-19(22-13)25-20-24-16(12-29-20)18(28)27-9-7-26(8-10-27)17-6-4-3-5-15(17)21/h3-6,11-12H,7-10H2,1-2H3,(H,22,23,24,25). The van der Waals surface area contributed by atoms with Crippen LogP contribution in [0.3, 0.4) is 0 Å². The quantitative estimate of drug-likeness (QED) is 0.679. The Morgan fingerprint density at radius 1 is 1.07 bits per heavy atom. The topological polar surface area (TPSA) is 74.2 Å². The molecule has 0 aliphatic carbocycles. The third-order valence-corrected chi connectivity index (χ3v) is 5.76. The molecule has 3 aromatic rings. The van der Waals surface area contributed by atoms with Gasteiger partial charge in [-0.3, -0.25) is 4.79 Å². The molecular formula is C20H21ClN6OS. The SMILES string of the molecule is Cc1cc(C)nc(Nc2nc(C(=O)N3CCN(c4ccccc4Cl)CC3)cs2)n1. The maximum Gasteiger partial charge on any atom is 0.273 e. The van der Waals surface area contributed by atoms with Crippen molar-refractivity contribution in [2.24, 2.45) is 0 Å². The van der Waals surface area contributed by atoms with Gasteiger partial charge in [0.25, 0.3) is 5.91 Å². The lowest BCUT2D eigenvalue weighted by atomic mass is 10.2. The Balaban J connectivity index is 1.39. The maximum absolute atomic E-state index is 12.9. The Morgan fingerprint density at radius 2 is 1.76 bits per heavy atom. The lowest BCUT2D eigenvalue weighted by molar-refractivity contribution is 0.0742. The number of hydrogen-bond donors (Lipinski definition) is 1. The summed E-state index contributed by atoms with van der Waals surface area (Å²) in [6.07, 6.45) is 0. The highest BCUT2D eigenvalue weighted by molar-refractivity contribution is 7.14. The molecule has 4 rings (SSSR count). The molecule has 1 aliphatic rings. The van der Waals surface area contributed by atoms with Gasteiger partial charge in [0.1, 0.15) is 5.69 Å². The Hall–Kier alpha value is -2.71. The summed E-state index contributed by atoms with van der Waals surface area (Å²) >= 11 is 7.66. The number of nitrogens with one attached hydrogen (secondary N) is 1. The molecule has 0 spiro atoms. The minimum absolute atomic E-state index is 0.0607. The van der Waals surface area contributed by atoms with E-state index in [1.165, 1.54) is 11.3 Å². The molecular weight excluding hydrogens is 408 g/mol. The number of carbonyl (C=O) groups is 1. The van der Waals surface area contributed by atoms with Crippen LogP contribution in [0, 0.1) is 13.8 Å². The first kappa shape index (κ1) is 19.6. The van der Waals surface area contributed by atoms with Crippen molar-refractivity contribution in [3.05, 3.63) is 57.8 Å². The van der Waals surface area contributed by atoms with Crippen molar-refractivity contribution in [2.45, 2.75) is 13.8 Å². The molecule has 150 valence electrons. The Kier molecular flexibility index (Phi) is 5.64. The van der Waals surface area contributed by atoms with Crippen molar-refractivity contribution < 1.29 is 4.79 Å². The third kappa shape index (κ3) is 4.49. The number of hydrogen-bond acceptors (Lipinski definition) is 7. The number of nitrogens with zero attached hydrogens (tertiary/aromatic N) is 5. The van der Waals surface area contributed by atoms with Crippen molar-refractivity contribution in [1.82, 2.24) is 19.9 Å². The molecule has 0 saturated carbocycles. The summed E-state index contributed by atoms with van der Waals surface area (Å²) < 4.78 is 0. The van der Waals surface area contributed by atoms with Crippen LogP contribution in [0.5, 0.6) is 0 Å². The van der Waals surface area contributed by atoms with Crippen molar-refractivity contribution >= 4 is 45.6 Å². The average molecular weight is 429 g/mol. The maximum atomic E-state index is 12.9. The second-order valence-corrected chi connectivity index (χ2v) is 8.13. The van der Waals surface area contributed by atoms with Gasteiger partial charge >= 0.3 is 0 Å². The van der Waals surface area contributed by atoms with E-state index in [1.54, 1.807) is 5.38 Å². The van der Waals surface area contributed by atoms with E-state index < -0.39 is 0 Å². The molecule has 9 heteroatoms. The van der Waals surface area contributed by atoms with Gasteiger partial charge in [0.15, 0.2) is 5.13 Å². The van der Waals surface area contributed by atoms with Crippen LogP contribution < -0.4 is 10.2 Å². The highest BCUT2D eigenvalue weighted by atomic mass is 35.5. The third-order valence-electron chi connectivity index (χ3n) is 4.68. The first-order chi connectivity index (χ1) is 14.0. The molecule has 0 atom stereocenters. The van der Waals surface area contributed by atoms with Gasteiger partial charge in [0.2, 0.25) is 5.95 Å². The monoisotopic (exact) mass is 428 g/mol. The highest BCUT2D eigenvalue weighted by Crippen LogP contribution is 2.26. The van der Waals surface area contributed by atoms with Crippen molar-refractivity contribution in [3.63, 3.8) is 0 Å². The number of para-hydroxylation sites is 1. The number of amides is 1. The van der Waals surface area contributed by atoms with E-state index >= 15 is 0 Å². The first-order valence-electron chi connectivity index (χ1n) is 9.33. The van der Waals surface area contributed by atoms with Gasteiger partial charge in [0.05, 0.1) is 10.7 Å². The van der Waals surface area contributed by atoms with Crippen molar-refractivity contribution in [2.75, 3.05) is 36.4 Å². The molecule has 1 aromatic carbocycles. The Morgan fingerprint density at radius 3 is 2.45 bits per heavy atom. The van der Waals surface area contributed by atoms with E-state index in [1.807, 2.05) is 49.1 Å². The summed E-state index contributed by atoms with van der Waals surface area (Å²) in [5, 5.41) is 6.20. The predicted molar refractivity (Wildman–Crippen MR) is 116 cm³/mol. The van der Waals surface area contributed by atoms with Gasteiger partial charge < -0.3 is 15.1 Å². The summed E-state index contributed by atoms with van der Waals surface area (Å²) in [5.41, 5.74) is 3.21. The molecule has 2 aromatic heterocycles. The zero-order valence-electron chi connectivity index (χ0n) is 16.2. The fourth-order valence-electron chi connectivity index (χ4n) is 3.33. The molecule has 3 heterocycles. The van der Waals surface area contributed by atoms with Crippen LogP contribution in [0.15, 0.2) is 35.7 Å². The number of piperazine rings is 1.